The fourth-order valence-electron chi connectivity index (χ4n) is 2.58. The highest BCUT2D eigenvalue weighted by atomic mass is 19.1. The van der Waals surface area contributed by atoms with Crippen molar-refractivity contribution in [1.29, 1.82) is 0 Å². The highest BCUT2D eigenvalue weighted by Gasteiger charge is 2.30. The number of rotatable bonds is 2. The second-order valence-electron chi connectivity index (χ2n) is 5.26. The molecule has 100 valence electrons. The molecule has 0 saturated carbocycles. The van der Waals surface area contributed by atoms with Crippen LogP contribution in [0, 0.1) is 17.6 Å². The lowest BCUT2D eigenvalue weighted by Gasteiger charge is -2.41. The first-order chi connectivity index (χ1) is 8.49. The van der Waals surface area contributed by atoms with Gasteiger partial charge in [-0.2, -0.15) is 0 Å². The van der Waals surface area contributed by atoms with E-state index >= 15 is 0 Å². The molecule has 1 aromatic carbocycles. The minimum absolute atomic E-state index is 0.202. The number of nitrogens with zero attached hydrogens (tertiary/aromatic N) is 1. The van der Waals surface area contributed by atoms with Crippen LogP contribution < -0.4 is 5.73 Å². The Hall–Kier alpha value is -1.00. The molecule has 0 bridgehead atoms. The second kappa shape index (κ2) is 5.33. The molecule has 1 aromatic rings. The first-order valence-electron chi connectivity index (χ1n) is 6.42. The lowest BCUT2D eigenvalue weighted by molar-refractivity contribution is 0.0898. The maximum Gasteiger partial charge on any atom is 0.127 e. The Balaban J connectivity index is 2.11. The van der Waals surface area contributed by atoms with Gasteiger partial charge >= 0.3 is 0 Å². The molecular formula is C14H20F2N2. The van der Waals surface area contributed by atoms with Crippen molar-refractivity contribution in [3.63, 3.8) is 0 Å². The number of piperidine rings is 1. The van der Waals surface area contributed by atoms with Crippen molar-refractivity contribution in [3.05, 3.63) is 35.4 Å². The van der Waals surface area contributed by atoms with Crippen molar-refractivity contribution in [2.24, 2.45) is 11.7 Å². The summed E-state index contributed by atoms with van der Waals surface area (Å²) in [5.41, 5.74) is 6.44. The minimum Gasteiger partial charge on any atom is -0.327 e. The normalized spacial score (nSPS) is 29.5. The van der Waals surface area contributed by atoms with E-state index in [1.807, 2.05) is 0 Å². The third kappa shape index (κ3) is 2.70. The third-order valence-electron chi connectivity index (χ3n) is 4.14. The first-order valence-corrected chi connectivity index (χ1v) is 6.42. The monoisotopic (exact) mass is 254 g/mol. The Labute approximate surface area is 107 Å². The van der Waals surface area contributed by atoms with Crippen molar-refractivity contribution in [3.8, 4) is 0 Å². The van der Waals surface area contributed by atoms with Gasteiger partial charge in [-0.05, 0) is 37.5 Å². The predicted octanol–water partition coefficient (Wildman–Crippen LogP) is 2.52. The van der Waals surface area contributed by atoms with Gasteiger partial charge in [0, 0.05) is 30.7 Å². The maximum atomic E-state index is 13.6. The molecule has 1 heterocycles. The number of nitrogens with two attached hydrogens (primary N) is 1. The summed E-state index contributed by atoms with van der Waals surface area (Å²) in [6, 6.07) is 4.11. The summed E-state index contributed by atoms with van der Waals surface area (Å²) in [5, 5.41) is 0. The van der Waals surface area contributed by atoms with Crippen molar-refractivity contribution < 1.29 is 8.78 Å². The molecule has 1 aliphatic rings. The summed E-state index contributed by atoms with van der Waals surface area (Å²) in [5.74, 6) is -0.359. The fourth-order valence-corrected chi connectivity index (χ4v) is 2.58. The van der Waals surface area contributed by atoms with E-state index < -0.39 is 0 Å². The van der Waals surface area contributed by atoms with E-state index in [-0.39, 0.29) is 23.7 Å². The molecule has 0 radical (unpaired) electrons. The molecule has 0 aliphatic carbocycles. The van der Waals surface area contributed by atoms with Gasteiger partial charge in [0.2, 0.25) is 0 Å². The van der Waals surface area contributed by atoms with Crippen LogP contribution in [0.25, 0.3) is 0 Å². The summed E-state index contributed by atoms with van der Waals surface area (Å²) in [4.78, 5) is 2.17. The van der Waals surface area contributed by atoms with Gasteiger partial charge in [-0.15, -0.1) is 0 Å². The Bertz CT molecular complexity index is 422. The topological polar surface area (TPSA) is 29.3 Å². The number of hydrogen-bond donors (Lipinski definition) is 1. The maximum absolute atomic E-state index is 13.6. The van der Waals surface area contributed by atoms with E-state index in [1.54, 1.807) is 0 Å². The Morgan fingerprint density at radius 1 is 1.33 bits per heavy atom. The number of hydrogen-bond acceptors (Lipinski definition) is 2. The van der Waals surface area contributed by atoms with Crippen molar-refractivity contribution >= 4 is 0 Å². The number of benzene rings is 1. The second-order valence-corrected chi connectivity index (χ2v) is 5.26. The van der Waals surface area contributed by atoms with Gasteiger partial charge in [0.05, 0.1) is 0 Å². The molecule has 4 heteroatoms. The van der Waals surface area contributed by atoms with E-state index in [2.05, 4.69) is 18.7 Å². The van der Waals surface area contributed by atoms with Crippen LogP contribution in [-0.2, 0) is 6.54 Å². The van der Waals surface area contributed by atoms with Gasteiger partial charge in [0.1, 0.15) is 11.6 Å². The van der Waals surface area contributed by atoms with Gasteiger partial charge in [0.25, 0.3) is 0 Å². The van der Waals surface area contributed by atoms with Crippen molar-refractivity contribution in [2.45, 2.75) is 38.9 Å². The van der Waals surface area contributed by atoms with E-state index in [4.69, 9.17) is 5.73 Å². The van der Waals surface area contributed by atoms with Crippen molar-refractivity contribution in [1.82, 2.24) is 4.90 Å². The van der Waals surface area contributed by atoms with Crippen LogP contribution in [0.3, 0.4) is 0 Å². The molecule has 0 aromatic heterocycles. The largest absolute Gasteiger partial charge is 0.327 e. The Kier molecular flexibility index (Phi) is 3.97. The molecular weight excluding hydrogens is 234 g/mol. The highest BCUT2D eigenvalue weighted by molar-refractivity contribution is 5.19. The Morgan fingerprint density at radius 3 is 2.78 bits per heavy atom. The van der Waals surface area contributed by atoms with Gasteiger partial charge in [-0.25, -0.2) is 8.78 Å². The van der Waals surface area contributed by atoms with Gasteiger partial charge < -0.3 is 5.73 Å². The number of halogens is 2. The average molecular weight is 254 g/mol. The lowest BCUT2D eigenvalue weighted by atomic mass is 9.87. The molecule has 1 aliphatic heterocycles. The van der Waals surface area contributed by atoms with Crippen LogP contribution in [0.5, 0.6) is 0 Å². The SMILES string of the molecule is CC1C(N)CCN(Cc2cc(F)ccc2F)C1C. The molecule has 0 amide bonds. The van der Waals surface area contributed by atoms with E-state index in [1.165, 1.54) is 12.1 Å². The molecule has 0 spiro atoms. The van der Waals surface area contributed by atoms with Crippen LogP contribution in [0.2, 0.25) is 0 Å². The average Bonchev–Trinajstić information content (AvgIpc) is 2.34. The van der Waals surface area contributed by atoms with Crippen molar-refractivity contribution in [2.75, 3.05) is 6.54 Å². The summed E-state index contributed by atoms with van der Waals surface area (Å²) < 4.78 is 26.7. The molecule has 1 fully saturated rings. The lowest BCUT2D eigenvalue weighted by Crippen LogP contribution is -2.51. The standard InChI is InChI=1S/C14H20F2N2/c1-9-10(2)18(6-5-14(9)17)8-11-7-12(15)3-4-13(11)16/h3-4,7,9-10,14H,5-6,8,17H2,1-2H3. The van der Waals surface area contributed by atoms with Crippen LogP contribution in [0.4, 0.5) is 8.78 Å². The summed E-state index contributed by atoms with van der Waals surface area (Å²) in [6.45, 7) is 5.49. The quantitative estimate of drug-likeness (QED) is 0.878. The van der Waals surface area contributed by atoms with Crippen LogP contribution in [0.1, 0.15) is 25.8 Å². The van der Waals surface area contributed by atoms with Crippen LogP contribution >= 0.6 is 0 Å². The highest BCUT2D eigenvalue weighted by Crippen LogP contribution is 2.24. The molecule has 3 unspecified atom stereocenters. The molecule has 2 rings (SSSR count). The smallest absolute Gasteiger partial charge is 0.127 e. The summed E-state index contributed by atoms with van der Waals surface area (Å²) >= 11 is 0. The zero-order valence-corrected chi connectivity index (χ0v) is 10.9. The third-order valence-corrected chi connectivity index (χ3v) is 4.14. The zero-order chi connectivity index (χ0) is 13.3. The molecule has 18 heavy (non-hydrogen) atoms. The Morgan fingerprint density at radius 2 is 2.06 bits per heavy atom. The fraction of sp³-hybridized carbons (Fsp3) is 0.571. The summed E-state index contributed by atoms with van der Waals surface area (Å²) in [7, 11) is 0. The van der Waals surface area contributed by atoms with Gasteiger partial charge in [0.15, 0.2) is 0 Å². The zero-order valence-electron chi connectivity index (χ0n) is 10.9. The van der Waals surface area contributed by atoms with Gasteiger partial charge in [-0.1, -0.05) is 6.92 Å². The first kappa shape index (κ1) is 13.4. The number of likely N-dealkylation sites (tertiary alicyclic amines) is 1. The van der Waals surface area contributed by atoms with E-state index in [0.29, 0.717) is 18.0 Å². The minimum atomic E-state index is -0.388. The van der Waals surface area contributed by atoms with E-state index in [9.17, 15) is 8.78 Å². The summed E-state index contributed by atoms with van der Waals surface area (Å²) in [6.07, 6.45) is 0.905. The molecule has 3 atom stereocenters. The van der Waals surface area contributed by atoms with Crippen LogP contribution in [0.15, 0.2) is 18.2 Å². The molecule has 2 nitrogen and oxygen atoms in total. The van der Waals surface area contributed by atoms with E-state index in [0.717, 1.165) is 19.0 Å². The predicted molar refractivity (Wildman–Crippen MR) is 68.0 cm³/mol. The molecule has 2 N–H and O–H groups in total. The molecule has 1 saturated heterocycles. The van der Waals surface area contributed by atoms with Crippen LogP contribution in [-0.4, -0.2) is 23.5 Å². The van der Waals surface area contributed by atoms with Gasteiger partial charge in [-0.3, -0.25) is 4.90 Å².